The first-order chi connectivity index (χ1) is 8.70. The average Bonchev–Trinajstić information content (AvgIpc) is 2.76. The van der Waals surface area contributed by atoms with E-state index in [2.05, 4.69) is 5.32 Å². The number of likely N-dealkylation sites (tertiary alicyclic amines) is 1. The molecule has 104 valence electrons. The molecular weight excluding hydrogens is 232 g/mol. The molecule has 5 heteroatoms. The number of piperidine rings is 1. The molecule has 0 aromatic rings. The van der Waals surface area contributed by atoms with Crippen LogP contribution in [0.1, 0.15) is 39.0 Å². The first kappa shape index (κ1) is 13.6. The van der Waals surface area contributed by atoms with Crippen molar-refractivity contribution in [3.8, 4) is 0 Å². The van der Waals surface area contributed by atoms with Gasteiger partial charge in [0.05, 0.1) is 12.7 Å². The van der Waals surface area contributed by atoms with Gasteiger partial charge in [0.25, 0.3) is 0 Å². The fourth-order valence-corrected chi connectivity index (χ4v) is 2.88. The largest absolute Gasteiger partial charge is 0.450 e. The Labute approximate surface area is 108 Å². The third kappa shape index (κ3) is 3.36. The molecule has 2 aliphatic rings. The number of carbonyl (C=O) groups is 1. The van der Waals surface area contributed by atoms with Gasteiger partial charge in [-0.15, -0.1) is 0 Å². The van der Waals surface area contributed by atoms with Crippen LogP contribution in [0.2, 0.25) is 0 Å². The predicted octanol–water partition coefficient (Wildman–Crippen LogP) is 1.11. The highest BCUT2D eigenvalue weighted by atomic mass is 16.6. The minimum Gasteiger partial charge on any atom is -0.450 e. The number of hydrogen-bond acceptors (Lipinski definition) is 4. The summed E-state index contributed by atoms with van der Waals surface area (Å²) in [6.45, 7) is 3.76. The summed E-state index contributed by atoms with van der Waals surface area (Å²) >= 11 is 0. The highest BCUT2D eigenvalue weighted by molar-refractivity contribution is 5.67. The van der Waals surface area contributed by atoms with E-state index in [4.69, 9.17) is 4.74 Å². The number of rotatable bonds is 3. The molecule has 0 radical (unpaired) electrons. The van der Waals surface area contributed by atoms with Crippen LogP contribution < -0.4 is 5.32 Å². The smallest absolute Gasteiger partial charge is 0.409 e. The van der Waals surface area contributed by atoms with E-state index < -0.39 is 0 Å². The van der Waals surface area contributed by atoms with Gasteiger partial charge in [-0.1, -0.05) is 0 Å². The number of nitrogens with zero attached hydrogens (tertiary/aromatic N) is 1. The molecule has 2 rings (SSSR count). The van der Waals surface area contributed by atoms with Crippen molar-refractivity contribution in [3.63, 3.8) is 0 Å². The Morgan fingerprint density at radius 1 is 1.33 bits per heavy atom. The molecule has 2 atom stereocenters. The van der Waals surface area contributed by atoms with Crippen LogP contribution in [-0.2, 0) is 4.74 Å². The zero-order valence-electron chi connectivity index (χ0n) is 11.1. The van der Waals surface area contributed by atoms with Crippen molar-refractivity contribution in [2.24, 2.45) is 0 Å². The summed E-state index contributed by atoms with van der Waals surface area (Å²) in [7, 11) is 0. The third-order valence-corrected chi connectivity index (χ3v) is 3.95. The molecule has 1 heterocycles. The van der Waals surface area contributed by atoms with E-state index in [9.17, 15) is 9.90 Å². The molecule has 1 aliphatic carbocycles. The summed E-state index contributed by atoms with van der Waals surface area (Å²) in [5.74, 6) is 0. The highest BCUT2D eigenvalue weighted by Gasteiger charge is 2.29. The molecule has 0 aromatic heterocycles. The van der Waals surface area contributed by atoms with E-state index in [1.54, 1.807) is 4.90 Å². The van der Waals surface area contributed by atoms with Crippen LogP contribution >= 0.6 is 0 Å². The Kier molecular flexibility index (Phi) is 4.83. The van der Waals surface area contributed by atoms with Gasteiger partial charge in [0.15, 0.2) is 0 Å². The third-order valence-electron chi connectivity index (χ3n) is 3.95. The molecule has 1 saturated carbocycles. The minimum absolute atomic E-state index is 0.187. The van der Waals surface area contributed by atoms with Crippen molar-refractivity contribution in [1.82, 2.24) is 10.2 Å². The lowest BCUT2D eigenvalue weighted by Gasteiger charge is -2.33. The van der Waals surface area contributed by atoms with Gasteiger partial charge in [0, 0.05) is 25.2 Å². The highest BCUT2D eigenvalue weighted by Crippen LogP contribution is 2.21. The van der Waals surface area contributed by atoms with E-state index in [1.807, 2.05) is 6.92 Å². The van der Waals surface area contributed by atoms with Gasteiger partial charge < -0.3 is 20.1 Å². The molecule has 0 aromatic carbocycles. The number of nitrogens with one attached hydrogen (secondary N) is 1. The van der Waals surface area contributed by atoms with Crippen molar-refractivity contribution in [2.75, 3.05) is 19.7 Å². The maximum absolute atomic E-state index is 11.5. The monoisotopic (exact) mass is 256 g/mol. The maximum atomic E-state index is 11.5. The lowest BCUT2D eigenvalue weighted by Crippen LogP contribution is -2.49. The number of amides is 1. The van der Waals surface area contributed by atoms with E-state index in [1.165, 1.54) is 0 Å². The Hall–Kier alpha value is -0.810. The summed E-state index contributed by atoms with van der Waals surface area (Å²) < 4.78 is 4.99. The molecule has 0 bridgehead atoms. The summed E-state index contributed by atoms with van der Waals surface area (Å²) in [5.41, 5.74) is 0. The first-order valence-electron chi connectivity index (χ1n) is 7.06. The first-order valence-corrected chi connectivity index (χ1v) is 7.06. The van der Waals surface area contributed by atoms with E-state index in [0.29, 0.717) is 12.6 Å². The minimum atomic E-state index is -0.197. The van der Waals surface area contributed by atoms with Crippen LogP contribution in [0.25, 0.3) is 0 Å². The second-order valence-corrected chi connectivity index (χ2v) is 5.23. The van der Waals surface area contributed by atoms with E-state index in [-0.39, 0.29) is 18.2 Å². The summed E-state index contributed by atoms with van der Waals surface area (Å²) in [4.78, 5) is 13.3. The summed E-state index contributed by atoms with van der Waals surface area (Å²) in [6, 6.07) is 0.678. The van der Waals surface area contributed by atoms with E-state index >= 15 is 0 Å². The number of aliphatic hydroxyl groups excluding tert-OH is 1. The Morgan fingerprint density at radius 2 is 2.06 bits per heavy atom. The Morgan fingerprint density at radius 3 is 2.61 bits per heavy atom. The van der Waals surface area contributed by atoms with Crippen LogP contribution in [0.5, 0.6) is 0 Å². The second-order valence-electron chi connectivity index (χ2n) is 5.23. The lowest BCUT2D eigenvalue weighted by atomic mass is 10.0. The van der Waals surface area contributed by atoms with Crippen LogP contribution in [0.3, 0.4) is 0 Å². The van der Waals surface area contributed by atoms with E-state index in [0.717, 1.165) is 45.2 Å². The number of hydrogen-bond donors (Lipinski definition) is 2. The van der Waals surface area contributed by atoms with Crippen molar-refractivity contribution in [3.05, 3.63) is 0 Å². The van der Waals surface area contributed by atoms with Crippen molar-refractivity contribution in [2.45, 2.75) is 57.2 Å². The zero-order chi connectivity index (χ0) is 13.0. The van der Waals surface area contributed by atoms with Crippen LogP contribution in [0.15, 0.2) is 0 Å². The van der Waals surface area contributed by atoms with Gasteiger partial charge in [-0.05, 0) is 39.0 Å². The zero-order valence-corrected chi connectivity index (χ0v) is 11.1. The second kappa shape index (κ2) is 6.38. The maximum Gasteiger partial charge on any atom is 0.409 e. The van der Waals surface area contributed by atoms with Gasteiger partial charge in [0.1, 0.15) is 0 Å². The molecule has 2 unspecified atom stereocenters. The van der Waals surface area contributed by atoms with Gasteiger partial charge in [-0.3, -0.25) is 0 Å². The van der Waals surface area contributed by atoms with Crippen LogP contribution in [-0.4, -0.2) is 54.0 Å². The van der Waals surface area contributed by atoms with Crippen molar-refractivity contribution >= 4 is 6.09 Å². The molecule has 2 fully saturated rings. The molecule has 1 amide bonds. The van der Waals surface area contributed by atoms with Crippen LogP contribution in [0.4, 0.5) is 4.79 Å². The van der Waals surface area contributed by atoms with Gasteiger partial charge in [-0.2, -0.15) is 0 Å². The average molecular weight is 256 g/mol. The molecule has 1 aliphatic heterocycles. The Balaban J connectivity index is 1.71. The fourth-order valence-electron chi connectivity index (χ4n) is 2.88. The van der Waals surface area contributed by atoms with Crippen LogP contribution in [0, 0.1) is 0 Å². The van der Waals surface area contributed by atoms with Crippen molar-refractivity contribution < 1.29 is 14.6 Å². The molecular formula is C13H24N2O3. The standard InChI is InChI=1S/C13H24N2O3/c1-2-18-13(17)15-8-6-10(7-9-15)14-11-4-3-5-12(11)16/h10-12,14,16H,2-9H2,1H3. The number of carbonyl (C=O) groups excluding carboxylic acids is 1. The number of ether oxygens (including phenoxy) is 1. The van der Waals surface area contributed by atoms with Crippen molar-refractivity contribution in [1.29, 1.82) is 0 Å². The SMILES string of the molecule is CCOC(=O)N1CCC(NC2CCCC2O)CC1. The quantitative estimate of drug-likeness (QED) is 0.794. The van der Waals surface area contributed by atoms with Gasteiger partial charge in [-0.25, -0.2) is 4.79 Å². The predicted molar refractivity (Wildman–Crippen MR) is 68.4 cm³/mol. The molecule has 1 saturated heterocycles. The number of aliphatic hydroxyl groups is 1. The Bertz CT molecular complexity index is 277. The fraction of sp³-hybridized carbons (Fsp3) is 0.923. The normalized spacial score (nSPS) is 29.6. The summed E-state index contributed by atoms with van der Waals surface area (Å²) in [5, 5.41) is 13.3. The molecule has 2 N–H and O–H groups in total. The summed E-state index contributed by atoms with van der Waals surface area (Å²) in [6.07, 6.45) is 4.60. The van der Waals surface area contributed by atoms with Gasteiger partial charge >= 0.3 is 6.09 Å². The molecule has 5 nitrogen and oxygen atoms in total. The molecule has 18 heavy (non-hydrogen) atoms. The van der Waals surface area contributed by atoms with Gasteiger partial charge in [0.2, 0.25) is 0 Å². The lowest BCUT2D eigenvalue weighted by molar-refractivity contribution is 0.0894. The molecule has 0 spiro atoms. The topological polar surface area (TPSA) is 61.8 Å².